The van der Waals surface area contributed by atoms with E-state index in [0.717, 1.165) is 43.9 Å². The molecule has 0 aromatic carbocycles. The van der Waals surface area contributed by atoms with Gasteiger partial charge in [0, 0.05) is 26.2 Å². The first-order chi connectivity index (χ1) is 11.2. The van der Waals surface area contributed by atoms with E-state index in [9.17, 15) is 4.79 Å². The maximum absolute atomic E-state index is 12.1. The molecule has 0 unspecified atom stereocenters. The molecule has 1 aromatic rings. The lowest BCUT2D eigenvalue weighted by molar-refractivity contribution is -0.144. The lowest BCUT2D eigenvalue weighted by Crippen LogP contribution is -2.48. The number of nitrogens with zero attached hydrogens (tertiary/aromatic N) is 1. The molecular formula is C17H26N2O4. The molecule has 2 saturated heterocycles. The number of likely N-dealkylation sites (tertiary alicyclic amines) is 1. The average Bonchev–Trinajstić information content (AvgIpc) is 3.14. The Labute approximate surface area is 137 Å². The van der Waals surface area contributed by atoms with Crippen molar-refractivity contribution in [1.82, 2.24) is 10.2 Å². The van der Waals surface area contributed by atoms with Gasteiger partial charge in [0.25, 0.3) is 0 Å². The van der Waals surface area contributed by atoms with Crippen molar-refractivity contribution in [2.45, 2.75) is 51.0 Å². The molecule has 0 bridgehead atoms. The van der Waals surface area contributed by atoms with Gasteiger partial charge in [0.05, 0.1) is 19.3 Å². The number of carbonyl (C=O) groups is 1. The number of aryl methyl sites for hydroxylation is 1. The third-order valence-corrected chi connectivity index (χ3v) is 4.72. The zero-order valence-corrected chi connectivity index (χ0v) is 13.9. The summed E-state index contributed by atoms with van der Waals surface area (Å²) in [6.07, 6.45) is 2.57. The highest BCUT2D eigenvalue weighted by Gasteiger charge is 2.41. The highest BCUT2D eigenvalue weighted by molar-refractivity contribution is 5.80. The van der Waals surface area contributed by atoms with E-state index in [-0.39, 0.29) is 18.1 Å². The first-order valence-corrected chi connectivity index (χ1v) is 8.39. The van der Waals surface area contributed by atoms with Gasteiger partial charge in [0.15, 0.2) is 0 Å². The number of rotatable bonds is 6. The lowest BCUT2D eigenvalue weighted by Gasteiger charge is -2.35. The third kappa shape index (κ3) is 3.94. The normalized spacial score (nSPS) is 27.8. The van der Waals surface area contributed by atoms with Crippen LogP contribution in [0.3, 0.4) is 0 Å². The molecule has 6 heteroatoms. The molecule has 0 radical (unpaired) electrons. The Morgan fingerprint density at radius 1 is 1.39 bits per heavy atom. The number of methoxy groups -OCH3 is 1. The van der Waals surface area contributed by atoms with E-state index in [1.165, 1.54) is 0 Å². The summed E-state index contributed by atoms with van der Waals surface area (Å²) < 4.78 is 16.7. The van der Waals surface area contributed by atoms with Crippen molar-refractivity contribution in [2.24, 2.45) is 0 Å². The Morgan fingerprint density at radius 2 is 2.26 bits per heavy atom. The predicted molar refractivity (Wildman–Crippen MR) is 85.0 cm³/mol. The van der Waals surface area contributed by atoms with Crippen LogP contribution in [0.15, 0.2) is 16.5 Å². The highest BCUT2D eigenvalue weighted by atomic mass is 16.5. The minimum atomic E-state index is -0.320. The Balaban J connectivity index is 1.50. The summed E-state index contributed by atoms with van der Waals surface area (Å²) in [5.74, 6) is 1.94. The van der Waals surface area contributed by atoms with Gasteiger partial charge in [-0.15, -0.1) is 0 Å². The second kappa shape index (κ2) is 7.47. The molecule has 1 aromatic heterocycles. The molecule has 128 valence electrons. The topological polar surface area (TPSA) is 63.9 Å². The number of nitrogens with one attached hydrogen (secondary N) is 1. The largest absolute Gasteiger partial charge is 0.465 e. The highest BCUT2D eigenvalue weighted by Crippen LogP contribution is 2.32. The van der Waals surface area contributed by atoms with Gasteiger partial charge in [-0.1, -0.05) is 0 Å². The van der Waals surface area contributed by atoms with E-state index in [4.69, 9.17) is 13.9 Å². The summed E-state index contributed by atoms with van der Waals surface area (Å²) in [6.45, 7) is 4.84. The SMILES string of the molecule is COCCNC(=O)[C@H]1CC[C@H]2[C@H](CCN2Cc2ccc(C)o2)O1. The summed E-state index contributed by atoms with van der Waals surface area (Å²) >= 11 is 0. The average molecular weight is 322 g/mol. The van der Waals surface area contributed by atoms with Gasteiger partial charge in [-0.3, -0.25) is 9.69 Å². The summed E-state index contributed by atoms with van der Waals surface area (Å²) in [4.78, 5) is 14.5. The van der Waals surface area contributed by atoms with Crippen LogP contribution in [0.2, 0.25) is 0 Å². The quantitative estimate of drug-likeness (QED) is 0.804. The van der Waals surface area contributed by atoms with Gasteiger partial charge in [0.1, 0.15) is 17.6 Å². The number of furan rings is 1. The molecule has 3 heterocycles. The van der Waals surface area contributed by atoms with Crippen LogP contribution in [0.5, 0.6) is 0 Å². The van der Waals surface area contributed by atoms with Gasteiger partial charge in [0.2, 0.25) is 5.91 Å². The molecule has 2 aliphatic rings. The Hall–Kier alpha value is -1.37. The third-order valence-electron chi connectivity index (χ3n) is 4.72. The minimum absolute atomic E-state index is 0.0133. The van der Waals surface area contributed by atoms with Crippen LogP contribution < -0.4 is 5.32 Å². The molecule has 0 aliphatic carbocycles. The van der Waals surface area contributed by atoms with Gasteiger partial charge in [-0.2, -0.15) is 0 Å². The van der Waals surface area contributed by atoms with Crippen LogP contribution in [0.1, 0.15) is 30.8 Å². The smallest absolute Gasteiger partial charge is 0.249 e. The number of hydrogen-bond acceptors (Lipinski definition) is 5. The van der Waals surface area contributed by atoms with Gasteiger partial charge in [-0.25, -0.2) is 0 Å². The van der Waals surface area contributed by atoms with Crippen molar-refractivity contribution in [2.75, 3.05) is 26.8 Å². The van der Waals surface area contributed by atoms with E-state index in [1.54, 1.807) is 7.11 Å². The van der Waals surface area contributed by atoms with Crippen molar-refractivity contribution >= 4 is 5.91 Å². The molecule has 0 saturated carbocycles. The molecule has 3 rings (SSSR count). The maximum Gasteiger partial charge on any atom is 0.249 e. The minimum Gasteiger partial charge on any atom is -0.465 e. The zero-order valence-electron chi connectivity index (χ0n) is 13.9. The molecule has 6 nitrogen and oxygen atoms in total. The lowest BCUT2D eigenvalue weighted by atomic mass is 9.98. The van der Waals surface area contributed by atoms with Crippen LogP contribution in [0, 0.1) is 6.92 Å². The van der Waals surface area contributed by atoms with Gasteiger partial charge < -0.3 is 19.2 Å². The van der Waals surface area contributed by atoms with Crippen LogP contribution in [-0.2, 0) is 20.8 Å². The fraction of sp³-hybridized carbons (Fsp3) is 0.706. The zero-order chi connectivity index (χ0) is 16.2. The van der Waals surface area contributed by atoms with Gasteiger partial charge >= 0.3 is 0 Å². The monoisotopic (exact) mass is 322 g/mol. The molecule has 1 N–H and O–H groups in total. The van der Waals surface area contributed by atoms with Crippen molar-refractivity contribution in [3.63, 3.8) is 0 Å². The van der Waals surface area contributed by atoms with Crippen molar-refractivity contribution in [3.8, 4) is 0 Å². The summed E-state index contributed by atoms with van der Waals surface area (Å²) in [5.41, 5.74) is 0. The number of carbonyl (C=O) groups excluding carboxylic acids is 1. The second-order valence-electron chi connectivity index (χ2n) is 6.36. The van der Waals surface area contributed by atoms with Crippen molar-refractivity contribution in [3.05, 3.63) is 23.7 Å². The summed E-state index contributed by atoms with van der Waals surface area (Å²) in [7, 11) is 1.63. The molecule has 3 atom stereocenters. The number of fused-ring (bicyclic) bond motifs is 1. The van der Waals surface area contributed by atoms with Crippen LogP contribution in [0.4, 0.5) is 0 Å². The van der Waals surface area contributed by atoms with Crippen molar-refractivity contribution < 1.29 is 18.7 Å². The van der Waals surface area contributed by atoms with Gasteiger partial charge in [-0.05, 0) is 38.3 Å². The van der Waals surface area contributed by atoms with E-state index < -0.39 is 0 Å². The van der Waals surface area contributed by atoms with E-state index in [2.05, 4.69) is 10.2 Å². The molecule has 2 aliphatic heterocycles. The Kier molecular flexibility index (Phi) is 5.35. The second-order valence-corrected chi connectivity index (χ2v) is 6.36. The molecule has 2 fully saturated rings. The van der Waals surface area contributed by atoms with E-state index in [1.807, 2.05) is 19.1 Å². The van der Waals surface area contributed by atoms with Crippen LogP contribution >= 0.6 is 0 Å². The van der Waals surface area contributed by atoms with Crippen LogP contribution in [0.25, 0.3) is 0 Å². The summed E-state index contributed by atoms with van der Waals surface area (Å²) in [6, 6.07) is 4.43. The standard InChI is InChI=1S/C17H26N2O4/c1-12-3-4-13(22-12)11-19-9-7-15-14(19)5-6-16(23-15)17(20)18-8-10-21-2/h3-4,14-16H,5-11H2,1-2H3,(H,18,20)/t14-,15-,16+/m0/s1. The van der Waals surface area contributed by atoms with Crippen molar-refractivity contribution in [1.29, 1.82) is 0 Å². The number of hydrogen-bond donors (Lipinski definition) is 1. The Morgan fingerprint density at radius 3 is 3.00 bits per heavy atom. The summed E-state index contributed by atoms with van der Waals surface area (Å²) in [5, 5.41) is 2.87. The first-order valence-electron chi connectivity index (χ1n) is 8.39. The molecular weight excluding hydrogens is 296 g/mol. The number of amides is 1. The predicted octanol–water partition coefficient (Wildman–Crippen LogP) is 1.47. The van der Waals surface area contributed by atoms with E-state index in [0.29, 0.717) is 19.2 Å². The molecule has 23 heavy (non-hydrogen) atoms. The Bertz CT molecular complexity index is 530. The van der Waals surface area contributed by atoms with E-state index >= 15 is 0 Å². The maximum atomic E-state index is 12.1. The van der Waals surface area contributed by atoms with Crippen LogP contribution in [-0.4, -0.2) is 55.9 Å². The fourth-order valence-electron chi connectivity index (χ4n) is 3.56. The first kappa shape index (κ1) is 16.5. The molecule has 0 spiro atoms. The fourth-order valence-corrected chi connectivity index (χ4v) is 3.56. The molecule has 1 amide bonds. The number of ether oxygens (including phenoxy) is 2.